The fourth-order valence-corrected chi connectivity index (χ4v) is 13.4. The van der Waals surface area contributed by atoms with E-state index in [-0.39, 0.29) is 44.0 Å². The van der Waals surface area contributed by atoms with Crippen LogP contribution in [0, 0.1) is 22.7 Å². The summed E-state index contributed by atoms with van der Waals surface area (Å²) in [4.78, 5) is 12.7. The average molecular weight is 899 g/mol. The van der Waals surface area contributed by atoms with Crippen molar-refractivity contribution in [3.8, 4) is 0 Å². The minimum absolute atomic E-state index is 0.0577. The van der Waals surface area contributed by atoms with E-state index in [1.807, 2.05) is 6.08 Å². The standard InChI is InChI=1S/C46H74O17/c1-21(47)28-11-14-46(54)44(28,7)34(51)20-33-43(6)12-10-27(15-26(43)9-13-45(33,46)53)60-35-16-29(48)40(23(3)57-35)61-36-17-30(49)41(24(4)58-36)62-37-18-31(50)42(25(5)59-37)63-38-19-32(55-8)39(52)22(2)56-38/h9,22-25,27-42,48-54H,10-20H2,1-8H3. The van der Waals surface area contributed by atoms with E-state index in [1.165, 1.54) is 14.0 Å². The Labute approximate surface area is 370 Å². The molecule has 4 heterocycles. The number of ketones is 1. The van der Waals surface area contributed by atoms with Crippen LogP contribution >= 0.6 is 0 Å². The van der Waals surface area contributed by atoms with Crippen molar-refractivity contribution in [2.75, 3.05) is 7.11 Å². The zero-order valence-corrected chi connectivity index (χ0v) is 38.1. The summed E-state index contributed by atoms with van der Waals surface area (Å²) in [7, 11) is 1.52. The number of carbonyl (C=O) groups is 1. The molecule has 0 amide bonds. The van der Waals surface area contributed by atoms with Gasteiger partial charge >= 0.3 is 0 Å². The molecule has 7 fully saturated rings. The highest BCUT2D eigenvalue weighted by Crippen LogP contribution is 2.69. The molecule has 0 spiro atoms. The maximum absolute atomic E-state index is 12.7. The van der Waals surface area contributed by atoms with Crippen molar-refractivity contribution in [2.24, 2.45) is 22.7 Å². The minimum atomic E-state index is -1.60. The molecule has 4 aliphatic heterocycles. The van der Waals surface area contributed by atoms with Crippen molar-refractivity contribution in [2.45, 2.75) is 241 Å². The van der Waals surface area contributed by atoms with Crippen molar-refractivity contribution in [1.29, 1.82) is 0 Å². The molecule has 24 unspecified atom stereocenters. The van der Waals surface area contributed by atoms with Gasteiger partial charge in [0.15, 0.2) is 25.2 Å². The first-order valence-electron chi connectivity index (χ1n) is 23.4. The van der Waals surface area contributed by atoms with E-state index in [0.717, 1.165) is 5.57 Å². The second-order valence-corrected chi connectivity index (χ2v) is 20.7. The number of fused-ring (bicyclic) bond motifs is 5. The Morgan fingerprint density at radius 1 is 0.683 bits per heavy atom. The average Bonchev–Trinajstić information content (AvgIpc) is 3.51. The molecule has 24 atom stereocenters. The molecule has 0 bridgehead atoms. The number of hydrogen-bond acceptors (Lipinski definition) is 17. The molecule has 17 heteroatoms. The molecular formula is C46H74O17. The van der Waals surface area contributed by atoms with E-state index in [9.17, 15) is 40.5 Å². The van der Waals surface area contributed by atoms with Crippen LogP contribution < -0.4 is 0 Å². The topological polar surface area (TPSA) is 242 Å². The molecule has 17 nitrogen and oxygen atoms in total. The normalized spacial score (nSPS) is 55.0. The number of carbonyl (C=O) groups excluding carboxylic acids is 1. The number of Topliss-reactive ketones (excluding diaryl/α,β-unsaturated/α-hetero) is 1. The van der Waals surface area contributed by atoms with Crippen LogP contribution in [0.3, 0.4) is 0 Å². The lowest BCUT2D eigenvalue weighted by atomic mass is 9.43. The Balaban J connectivity index is 0.813. The maximum Gasteiger partial charge on any atom is 0.161 e. The van der Waals surface area contributed by atoms with Gasteiger partial charge in [0, 0.05) is 50.0 Å². The third-order valence-electron chi connectivity index (χ3n) is 17.1. The van der Waals surface area contributed by atoms with Gasteiger partial charge in [-0.2, -0.15) is 0 Å². The summed E-state index contributed by atoms with van der Waals surface area (Å²) in [6.45, 7) is 12.5. The molecule has 0 aromatic rings. The minimum Gasteiger partial charge on any atom is -0.392 e. The molecule has 360 valence electrons. The van der Waals surface area contributed by atoms with E-state index in [4.69, 9.17) is 42.6 Å². The second-order valence-electron chi connectivity index (χ2n) is 20.7. The third kappa shape index (κ3) is 8.33. The van der Waals surface area contributed by atoms with Gasteiger partial charge in [-0.05, 0) is 85.0 Å². The highest BCUT2D eigenvalue weighted by molar-refractivity contribution is 5.80. The Kier molecular flexibility index (Phi) is 13.8. The van der Waals surface area contributed by atoms with Crippen LogP contribution in [0.4, 0.5) is 0 Å². The lowest BCUT2D eigenvalue weighted by Crippen LogP contribution is -2.75. The third-order valence-corrected chi connectivity index (χ3v) is 17.1. The van der Waals surface area contributed by atoms with Crippen LogP contribution in [0.2, 0.25) is 0 Å². The first-order chi connectivity index (χ1) is 29.6. The van der Waals surface area contributed by atoms with Gasteiger partial charge in [0.25, 0.3) is 0 Å². The van der Waals surface area contributed by atoms with E-state index >= 15 is 0 Å². The number of aliphatic hydroxyl groups is 7. The lowest BCUT2D eigenvalue weighted by molar-refractivity contribution is -0.344. The summed E-state index contributed by atoms with van der Waals surface area (Å²) >= 11 is 0. The molecule has 4 aliphatic carbocycles. The summed E-state index contributed by atoms with van der Waals surface area (Å²) in [5.41, 5.74) is -3.60. The fourth-order valence-electron chi connectivity index (χ4n) is 13.4. The van der Waals surface area contributed by atoms with Crippen LogP contribution in [0.25, 0.3) is 0 Å². The zero-order valence-electron chi connectivity index (χ0n) is 38.1. The summed E-state index contributed by atoms with van der Waals surface area (Å²) in [5, 5.41) is 80.5. The van der Waals surface area contributed by atoms with Crippen LogP contribution in [0.1, 0.15) is 119 Å². The largest absolute Gasteiger partial charge is 0.392 e. The number of methoxy groups -OCH3 is 1. The predicted octanol–water partition coefficient (Wildman–Crippen LogP) is 1.89. The molecule has 0 radical (unpaired) electrons. The van der Waals surface area contributed by atoms with Gasteiger partial charge in [-0.1, -0.05) is 25.5 Å². The van der Waals surface area contributed by atoms with E-state index < -0.39 is 138 Å². The number of aliphatic hydroxyl groups excluding tert-OH is 5. The van der Waals surface area contributed by atoms with Gasteiger partial charge in [0.1, 0.15) is 41.4 Å². The van der Waals surface area contributed by atoms with Gasteiger partial charge in [-0.15, -0.1) is 0 Å². The predicted molar refractivity (Wildman–Crippen MR) is 220 cm³/mol. The summed E-state index contributed by atoms with van der Waals surface area (Å²) in [5.74, 6) is -0.991. The lowest BCUT2D eigenvalue weighted by Gasteiger charge is -2.66. The summed E-state index contributed by atoms with van der Waals surface area (Å²) in [6.07, 6.45) is -7.32. The number of rotatable bonds is 10. The van der Waals surface area contributed by atoms with Crippen LogP contribution in [0.15, 0.2) is 11.6 Å². The Morgan fingerprint density at radius 2 is 1.17 bits per heavy atom. The quantitative estimate of drug-likeness (QED) is 0.155. The molecule has 0 aromatic heterocycles. The van der Waals surface area contributed by atoms with Crippen molar-refractivity contribution in [3.63, 3.8) is 0 Å². The molecule has 8 rings (SSSR count). The van der Waals surface area contributed by atoms with Crippen molar-refractivity contribution < 1.29 is 83.2 Å². The summed E-state index contributed by atoms with van der Waals surface area (Å²) in [6, 6.07) is 0. The van der Waals surface area contributed by atoms with Gasteiger partial charge in [0.2, 0.25) is 0 Å². The van der Waals surface area contributed by atoms with Gasteiger partial charge in [0.05, 0.1) is 61.0 Å². The highest BCUT2D eigenvalue weighted by Gasteiger charge is 2.76. The number of hydrogen-bond donors (Lipinski definition) is 7. The fraction of sp³-hybridized carbons (Fsp3) is 0.935. The molecule has 0 aromatic carbocycles. The van der Waals surface area contributed by atoms with Crippen LogP contribution in [0.5, 0.6) is 0 Å². The molecule has 3 saturated carbocycles. The molecule has 4 saturated heterocycles. The van der Waals surface area contributed by atoms with E-state index in [2.05, 4.69) is 6.92 Å². The van der Waals surface area contributed by atoms with Crippen molar-refractivity contribution >= 4 is 5.78 Å². The monoisotopic (exact) mass is 898 g/mol. The van der Waals surface area contributed by atoms with Crippen molar-refractivity contribution in [3.05, 3.63) is 11.6 Å². The maximum atomic E-state index is 12.7. The summed E-state index contributed by atoms with van der Waals surface area (Å²) < 4.78 is 54.8. The SMILES string of the molecule is COC1CC(OC2C(O)CC(OC3C(O)CC(OC4C(O)CC(OC5CCC6(C)C(=CCC7(O)C6CC(O)C6(C)C(C(C)=O)CCC76O)C5)OC4C)OC3C)OC2C)OC(C)C1O. The highest BCUT2D eigenvalue weighted by atomic mass is 16.8. The number of ether oxygens (including phenoxy) is 9. The van der Waals surface area contributed by atoms with E-state index in [0.29, 0.717) is 38.5 Å². The Hall–Kier alpha value is -1.23. The van der Waals surface area contributed by atoms with Crippen LogP contribution in [-0.2, 0) is 47.4 Å². The van der Waals surface area contributed by atoms with Gasteiger partial charge in [-0.25, -0.2) is 0 Å². The smallest absolute Gasteiger partial charge is 0.161 e. The molecule has 63 heavy (non-hydrogen) atoms. The van der Waals surface area contributed by atoms with Gasteiger partial charge in [-0.3, -0.25) is 4.79 Å². The first-order valence-corrected chi connectivity index (χ1v) is 23.4. The second kappa shape index (κ2) is 18.0. The first kappa shape index (κ1) is 48.2. The Bertz CT molecular complexity index is 1630. The molecule has 8 aliphatic rings. The van der Waals surface area contributed by atoms with Crippen LogP contribution in [-0.4, -0.2) is 170 Å². The zero-order chi connectivity index (χ0) is 45.6. The molecular weight excluding hydrogens is 824 g/mol. The Morgan fingerprint density at radius 3 is 1.67 bits per heavy atom. The molecule has 7 N–H and O–H groups in total. The van der Waals surface area contributed by atoms with Crippen molar-refractivity contribution in [1.82, 2.24) is 0 Å². The van der Waals surface area contributed by atoms with E-state index in [1.54, 1.807) is 34.6 Å². The van der Waals surface area contributed by atoms with Gasteiger partial charge < -0.3 is 78.4 Å².